The van der Waals surface area contributed by atoms with Crippen molar-refractivity contribution in [2.75, 3.05) is 18.6 Å². The average molecular weight is 138 g/mol. The molecule has 10 heavy (non-hydrogen) atoms. The Morgan fingerprint density at radius 1 is 1.60 bits per heavy atom. The van der Waals surface area contributed by atoms with Crippen LogP contribution in [0.4, 0.5) is 5.69 Å². The summed E-state index contributed by atoms with van der Waals surface area (Å²) in [7, 11) is 1.90. The van der Waals surface area contributed by atoms with E-state index in [-0.39, 0.29) is 0 Å². The van der Waals surface area contributed by atoms with Crippen LogP contribution in [0, 0.1) is 0 Å². The van der Waals surface area contributed by atoms with Gasteiger partial charge in [-0.25, -0.2) is 0 Å². The van der Waals surface area contributed by atoms with E-state index in [4.69, 9.17) is 5.73 Å². The van der Waals surface area contributed by atoms with Crippen LogP contribution in [-0.4, -0.2) is 23.9 Å². The summed E-state index contributed by atoms with van der Waals surface area (Å²) in [6.07, 6.45) is 3.31. The van der Waals surface area contributed by atoms with Gasteiger partial charge < -0.3 is 10.6 Å². The van der Waals surface area contributed by atoms with Crippen LogP contribution >= 0.6 is 0 Å². The highest BCUT2D eigenvalue weighted by Gasteiger charge is 1.94. The third kappa shape index (κ3) is 1.41. The van der Waals surface area contributed by atoms with Gasteiger partial charge in [-0.15, -0.1) is 0 Å². The van der Waals surface area contributed by atoms with Crippen molar-refractivity contribution < 1.29 is 0 Å². The molecule has 1 rings (SSSR count). The van der Waals surface area contributed by atoms with E-state index in [9.17, 15) is 0 Å². The SMILES string of the molecule is CN(CN)c1ccnnc1. The highest BCUT2D eigenvalue weighted by molar-refractivity contribution is 5.40. The lowest BCUT2D eigenvalue weighted by atomic mass is 10.4. The predicted octanol–water partition coefficient (Wildman–Crippen LogP) is -0.171. The molecule has 0 bridgehead atoms. The second kappa shape index (κ2) is 3.12. The van der Waals surface area contributed by atoms with Crippen LogP contribution in [0.15, 0.2) is 18.5 Å². The summed E-state index contributed by atoms with van der Waals surface area (Å²) < 4.78 is 0. The van der Waals surface area contributed by atoms with Crippen LogP contribution in [0.25, 0.3) is 0 Å². The second-order valence-electron chi connectivity index (χ2n) is 1.98. The summed E-state index contributed by atoms with van der Waals surface area (Å²) >= 11 is 0. The Labute approximate surface area is 59.7 Å². The molecular weight excluding hydrogens is 128 g/mol. The predicted molar refractivity (Wildman–Crippen MR) is 39.5 cm³/mol. The van der Waals surface area contributed by atoms with E-state index in [2.05, 4.69) is 10.2 Å². The van der Waals surface area contributed by atoms with Gasteiger partial charge in [0.2, 0.25) is 0 Å². The number of nitrogens with zero attached hydrogens (tertiary/aromatic N) is 3. The average Bonchev–Trinajstić information content (AvgIpc) is 2.05. The van der Waals surface area contributed by atoms with Gasteiger partial charge in [0.1, 0.15) is 0 Å². The first-order valence-corrected chi connectivity index (χ1v) is 3.02. The molecule has 54 valence electrons. The van der Waals surface area contributed by atoms with Crippen LogP contribution in [0.1, 0.15) is 0 Å². The minimum Gasteiger partial charge on any atom is -0.361 e. The molecule has 0 saturated carbocycles. The summed E-state index contributed by atoms with van der Waals surface area (Å²) in [5.74, 6) is 0. The van der Waals surface area contributed by atoms with Crippen molar-refractivity contribution in [2.45, 2.75) is 0 Å². The molecule has 1 aromatic heterocycles. The molecule has 0 unspecified atom stereocenters. The summed E-state index contributed by atoms with van der Waals surface area (Å²) in [6.45, 7) is 0.492. The van der Waals surface area contributed by atoms with Gasteiger partial charge in [0.15, 0.2) is 0 Å². The van der Waals surface area contributed by atoms with Crippen LogP contribution in [0.3, 0.4) is 0 Å². The van der Waals surface area contributed by atoms with Crippen LogP contribution in [0.5, 0.6) is 0 Å². The van der Waals surface area contributed by atoms with Crippen LogP contribution in [-0.2, 0) is 0 Å². The molecule has 0 spiro atoms. The maximum Gasteiger partial charge on any atom is 0.0730 e. The quantitative estimate of drug-likeness (QED) is 0.576. The Morgan fingerprint density at radius 3 is 2.90 bits per heavy atom. The Balaban J connectivity index is 2.75. The first-order chi connectivity index (χ1) is 4.84. The Bertz CT molecular complexity index is 186. The third-order valence-electron chi connectivity index (χ3n) is 1.28. The minimum absolute atomic E-state index is 0.492. The van der Waals surface area contributed by atoms with Crippen molar-refractivity contribution >= 4 is 5.69 Å². The van der Waals surface area contributed by atoms with E-state index in [0.717, 1.165) is 5.69 Å². The zero-order chi connectivity index (χ0) is 7.40. The maximum atomic E-state index is 5.38. The molecule has 0 radical (unpaired) electrons. The van der Waals surface area contributed by atoms with Crippen molar-refractivity contribution in [1.82, 2.24) is 10.2 Å². The number of aromatic nitrogens is 2. The highest BCUT2D eigenvalue weighted by atomic mass is 15.2. The van der Waals surface area contributed by atoms with Gasteiger partial charge in [-0.2, -0.15) is 10.2 Å². The van der Waals surface area contributed by atoms with Gasteiger partial charge in [-0.05, 0) is 6.07 Å². The summed E-state index contributed by atoms with van der Waals surface area (Å²) in [5.41, 5.74) is 6.37. The lowest BCUT2D eigenvalue weighted by Crippen LogP contribution is -2.24. The lowest BCUT2D eigenvalue weighted by Gasteiger charge is -2.14. The fourth-order valence-corrected chi connectivity index (χ4v) is 0.615. The van der Waals surface area contributed by atoms with Gasteiger partial charge in [0, 0.05) is 7.05 Å². The summed E-state index contributed by atoms with van der Waals surface area (Å²) in [6, 6.07) is 1.86. The molecule has 0 aliphatic heterocycles. The largest absolute Gasteiger partial charge is 0.361 e. The first-order valence-electron chi connectivity index (χ1n) is 3.02. The molecule has 4 nitrogen and oxygen atoms in total. The van der Waals surface area contributed by atoms with Crippen LogP contribution in [0.2, 0.25) is 0 Å². The van der Waals surface area contributed by atoms with Crippen molar-refractivity contribution in [2.24, 2.45) is 5.73 Å². The van der Waals surface area contributed by atoms with Crippen molar-refractivity contribution in [1.29, 1.82) is 0 Å². The molecule has 0 saturated heterocycles. The van der Waals surface area contributed by atoms with E-state index in [1.165, 1.54) is 0 Å². The van der Waals surface area contributed by atoms with Gasteiger partial charge in [-0.1, -0.05) is 0 Å². The molecule has 0 aliphatic rings. The molecule has 0 atom stereocenters. The Hall–Kier alpha value is -1.16. The van der Waals surface area contributed by atoms with Gasteiger partial charge in [0.25, 0.3) is 0 Å². The number of nitrogens with two attached hydrogens (primary N) is 1. The molecule has 1 aromatic rings. The highest BCUT2D eigenvalue weighted by Crippen LogP contribution is 2.05. The van der Waals surface area contributed by atoms with E-state index in [0.29, 0.717) is 6.67 Å². The Morgan fingerprint density at radius 2 is 2.40 bits per heavy atom. The number of rotatable bonds is 2. The molecule has 4 heteroatoms. The first kappa shape index (κ1) is 6.95. The van der Waals surface area contributed by atoms with Gasteiger partial charge in [-0.3, -0.25) is 0 Å². The fraction of sp³-hybridized carbons (Fsp3) is 0.333. The zero-order valence-corrected chi connectivity index (χ0v) is 5.86. The van der Waals surface area contributed by atoms with Crippen LogP contribution < -0.4 is 10.6 Å². The molecule has 0 fully saturated rings. The van der Waals surface area contributed by atoms with Gasteiger partial charge in [0.05, 0.1) is 24.7 Å². The normalized spacial score (nSPS) is 9.40. The van der Waals surface area contributed by atoms with Crippen molar-refractivity contribution in [3.05, 3.63) is 18.5 Å². The number of hydrogen-bond acceptors (Lipinski definition) is 4. The van der Waals surface area contributed by atoms with E-state index in [1.54, 1.807) is 12.4 Å². The molecular formula is C6H10N4. The lowest BCUT2D eigenvalue weighted by molar-refractivity contribution is 0.912. The monoisotopic (exact) mass is 138 g/mol. The third-order valence-corrected chi connectivity index (χ3v) is 1.28. The summed E-state index contributed by atoms with van der Waals surface area (Å²) in [4.78, 5) is 1.88. The molecule has 2 N–H and O–H groups in total. The van der Waals surface area contributed by atoms with E-state index < -0.39 is 0 Å². The molecule has 0 amide bonds. The topological polar surface area (TPSA) is 55.0 Å². The summed E-state index contributed by atoms with van der Waals surface area (Å²) in [5, 5.41) is 7.35. The molecule has 0 aromatic carbocycles. The standard InChI is InChI=1S/C6H10N4/c1-10(5-7)6-2-3-8-9-4-6/h2-4H,5,7H2,1H3. The van der Waals surface area contributed by atoms with Gasteiger partial charge >= 0.3 is 0 Å². The molecule has 0 aliphatic carbocycles. The number of hydrogen-bond donors (Lipinski definition) is 1. The van der Waals surface area contributed by atoms with Crippen molar-refractivity contribution in [3.8, 4) is 0 Å². The minimum atomic E-state index is 0.492. The smallest absolute Gasteiger partial charge is 0.0730 e. The molecule has 1 heterocycles. The fourth-order valence-electron chi connectivity index (χ4n) is 0.615. The number of anilines is 1. The zero-order valence-electron chi connectivity index (χ0n) is 5.86. The van der Waals surface area contributed by atoms with E-state index in [1.807, 2.05) is 18.0 Å². The Kier molecular flexibility index (Phi) is 2.17. The van der Waals surface area contributed by atoms with E-state index >= 15 is 0 Å². The van der Waals surface area contributed by atoms with Crippen molar-refractivity contribution in [3.63, 3.8) is 0 Å². The second-order valence-corrected chi connectivity index (χ2v) is 1.98. The maximum absolute atomic E-state index is 5.38.